The van der Waals surface area contributed by atoms with Crippen LogP contribution in [0.1, 0.15) is 0 Å². The summed E-state index contributed by atoms with van der Waals surface area (Å²) in [5.41, 5.74) is 0. The van der Waals surface area contributed by atoms with Crippen molar-refractivity contribution in [3.8, 4) is 0 Å². The lowest BCUT2D eigenvalue weighted by molar-refractivity contribution is 0.412. The van der Waals surface area contributed by atoms with Gasteiger partial charge in [-0.3, -0.25) is 0 Å². The summed E-state index contributed by atoms with van der Waals surface area (Å²) in [5.74, 6) is 0.997. The first-order chi connectivity index (χ1) is 9.08. The second kappa shape index (κ2) is 9.58. The Morgan fingerprint density at radius 2 is 1.84 bits per heavy atom. The van der Waals surface area contributed by atoms with E-state index in [1.807, 2.05) is 25.9 Å². The number of rotatable bonds is 7. The number of benzene rings is 1. The summed E-state index contributed by atoms with van der Waals surface area (Å²) in [7, 11) is 4.10. The SMILES string of the molecule is CN(C)CCNC(=S)NCCSc1ccc(Br)cc1. The van der Waals surface area contributed by atoms with E-state index < -0.39 is 0 Å². The fraction of sp³-hybridized carbons (Fsp3) is 0.462. The van der Waals surface area contributed by atoms with E-state index >= 15 is 0 Å². The normalized spacial score (nSPS) is 10.5. The van der Waals surface area contributed by atoms with Crippen molar-refractivity contribution in [1.82, 2.24) is 15.5 Å². The van der Waals surface area contributed by atoms with E-state index in [2.05, 4.69) is 55.7 Å². The molecule has 0 amide bonds. The van der Waals surface area contributed by atoms with Gasteiger partial charge in [0.05, 0.1) is 0 Å². The van der Waals surface area contributed by atoms with E-state index in [0.717, 1.165) is 35.0 Å². The monoisotopic (exact) mass is 361 g/mol. The highest BCUT2D eigenvalue weighted by Gasteiger charge is 1.97. The van der Waals surface area contributed by atoms with Crippen LogP contribution in [0.4, 0.5) is 0 Å². The smallest absolute Gasteiger partial charge is 0.166 e. The van der Waals surface area contributed by atoms with Crippen molar-refractivity contribution >= 4 is 45.0 Å². The van der Waals surface area contributed by atoms with Gasteiger partial charge in [0.2, 0.25) is 0 Å². The molecule has 2 N–H and O–H groups in total. The first-order valence-electron chi connectivity index (χ1n) is 6.13. The first-order valence-corrected chi connectivity index (χ1v) is 8.31. The van der Waals surface area contributed by atoms with Gasteiger partial charge in [-0.15, -0.1) is 11.8 Å². The number of halogens is 1. The Hall–Kier alpha value is -0.300. The van der Waals surface area contributed by atoms with E-state index in [-0.39, 0.29) is 0 Å². The number of likely N-dealkylation sites (N-methyl/N-ethyl adjacent to an activating group) is 1. The molecule has 0 atom stereocenters. The van der Waals surface area contributed by atoms with Gasteiger partial charge in [0, 0.05) is 34.8 Å². The van der Waals surface area contributed by atoms with Gasteiger partial charge in [-0.25, -0.2) is 0 Å². The standard InChI is InChI=1S/C13H20BrN3S2/c1-17(2)9-7-15-13(18)16-8-10-19-12-5-3-11(14)4-6-12/h3-6H,7-10H2,1-2H3,(H2,15,16,18). The van der Waals surface area contributed by atoms with Crippen molar-refractivity contribution in [2.75, 3.05) is 39.5 Å². The first kappa shape index (κ1) is 16.8. The summed E-state index contributed by atoms with van der Waals surface area (Å²) in [6.07, 6.45) is 0. The molecule has 3 nitrogen and oxygen atoms in total. The average molecular weight is 362 g/mol. The molecule has 0 aromatic heterocycles. The largest absolute Gasteiger partial charge is 0.362 e. The molecule has 0 aliphatic rings. The Kier molecular flexibility index (Phi) is 8.45. The molecule has 0 aliphatic heterocycles. The van der Waals surface area contributed by atoms with Gasteiger partial charge in [-0.1, -0.05) is 15.9 Å². The number of hydrogen-bond acceptors (Lipinski definition) is 3. The van der Waals surface area contributed by atoms with Crippen LogP contribution in [0.5, 0.6) is 0 Å². The van der Waals surface area contributed by atoms with Crippen molar-refractivity contribution in [2.45, 2.75) is 4.90 Å². The Morgan fingerprint density at radius 1 is 1.21 bits per heavy atom. The van der Waals surface area contributed by atoms with Crippen LogP contribution in [0, 0.1) is 0 Å². The third-order valence-corrected chi connectivity index (χ3v) is 4.15. The number of nitrogens with one attached hydrogen (secondary N) is 2. The van der Waals surface area contributed by atoms with Crippen LogP contribution in [0.25, 0.3) is 0 Å². The van der Waals surface area contributed by atoms with Crippen molar-refractivity contribution in [3.63, 3.8) is 0 Å². The summed E-state index contributed by atoms with van der Waals surface area (Å²) in [5, 5.41) is 7.13. The maximum Gasteiger partial charge on any atom is 0.166 e. The molecule has 0 saturated heterocycles. The molecule has 0 fully saturated rings. The molecule has 0 spiro atoms. The fourth-order valence-corrected chi connectivity index (χ4v) is 2.56. The van der Waals surface area contributed by atoms with Crippen LogP contribution in [0.3, 0.4) is 0 Å². The molecule has 19 heavy (non-hydrogen) atoms. The second-order valence-corrected chi connectivity index (χ2v) is 6.78. The number of nitrogens with zero attached hydrogens (tertiary/aromatic N) is 1. The average Bonchev–Trinajstić information content (AvgIpc) is 2.36. The van der Waals surface area contributed by atoms with Crippen LogP contribution in [0.2, 0.25) is 0 Å². The lowest BCUT2D eigenvalue weighted by atomic mass is 10.4. The van der Waals surface area contributed by atoms with Crippen LogP contribution >= 0.6 is 39.9 Å². The van der Waals surface area contributed by atoms with Crippen molar-refractivity contribution in [1.29, 1.82) is 0 Å². The minimum absolute atomic E-state index is 0.734. The van der Waals surface area contributed by atoms with Crippen molar-refractivity contribution < 1.29 is 0 Å². The maximum atomic E-state index is 5.20. The lowest BCUT2D eigenvalue weighted by Gasteiger charge is -2.13. The summed E-state index contributed by atoms with van der Waals surface area (Å²) < 4.78 is 1.11. The Balaban J connectivity index is 2.07. The van der Waals surface area contributed by atoms with Crippen molar-refractivity contribution in [3.05, 3.63) is 28.7 Å². The lowest BCUT2D eigenvalue weighted by Crippen LogP contribution is -2.39. The molecular formula is C13H20BrN3S2. The summed E-state index contributed by atoms with van der Waals surface area (Å²) in [4.78, 5) is 3.40. The van der Waals surface area contributed by atoms with Crippen LogP contribution in [-0.4, -0.2) is 49.5 Å². The zero-order valence-corrected chi connectivity index (χ0v) is 14.5. The van der Waals surface area contributed by atoms with E-state index in [1.165, 1.54) is 4.90 Å². The third-order valence-electron chi connectivity index (χ3n) is 2.31. The zero-order chi connectivity index (χ0) is 14.1. The van der Waals surface area contributed by atoms with Gasteiger partial charge in [0.25, 0.3) is 0 Å². The molecule has 0 bridgehead atoms. The maximum absolute atomic E-state index is 5.20. The topological polar surface area (TPSA) is 27.3 Å². The highest BCUT2D eigenvalue weighted by molar-refractivity contribution is 9.10. The number of hydrogen-bond donors (Lipinski definition) is 2. The highest BCUT2D eigenvalue weighted by atomic mass is 79.9. The van der Waals surface area contributed by atoms with E-state index in [4.69, 9.17) is 12.2 Å². The molecule has 1 aromatic rings. The molecule has 0 aliphatic carbocycles. The Morgan fingerprint density at radius 3 is 2.47 bits per heavy atom. The molecule has 106 valence electrons. The van der Waals surface area contributed by atoms with E-state index in [0.29, 0.717) is 0 Å². The Bertz CT molecular complexity index is 382. The third kappa shape index (κ3) is 8.47. The molecule has 1 rings (SSSR count). The fourth-order valence-electron chi connectivity index (χ4n) is 1.32. The molecule has 6 heteroatoms. The predicted octanol–water partition coefficient (Wildman–Crippen LogP) is 2.57. The summed E-state index contributed by atoms with van der Waals surface area (Å²) in [6.45, 7) is 2.72. The summed E-state index contributed by atoms with van der Waals surface area (Å²) >= 11 is 10.4. The van der Waals surface area contributed by atoms with E-state index in [9.17, 15) is 0 Å². The van der Waals surface area contributed by atoms with Gasteiger partial charge in [0.15, 0.2) is 5.11 Å². The number of thiocarbonyl (C=S) groups is 1. The number of thioether (sulfide) groups is 1. The minimum Gasteiger partial charge on any atom is -0.362 e. The van der Waals surface area contributed by atoms with Gasteiger partial charge in [-0.05, 0) is 50.6 Å². The van der Waals surface area contributed by atoms with Crippen LogP contribution in [-0.2, 0) is 0 Å². The van der Waals surface area contributed by atoms with E-state index in [1.54, 1.807) is 0 Å². The van der Waals surface area contributed by atoms with Gasteiger partial charge in [0.1, 0.15) is 0 Å². The summed E-state index contributed by atoms with van der Waals surface area (Å²) in [6, 6.07) is 8.34. The Labute approximate surface area is 133 Å². The molecule has 0 heterocycles. The van der Waals surface area contributed by atoms with Gasteiger partial charge < -0.3 is 15.5 Å². The molecule has 0 unspecified atom stereocenters. The van der Waals surface area contributed by atoms with Gasteiger partial charge in [-0.2, -0.15) is 0 Å². The molecule has 0 radical (unpaired) electrons. The minimum atomic E-state index is 0.734. The zero-order valence-electron chi connectivity index (χ0n) is 11.3. The van der Waals surface area contributed by atoms with Crippen molar-refractivity contribution in [2.24, 2.45) is 0 Å². The molecule has 0 saturated carbocycles. The van der Waals surface area contributed by atoms with Crippen LogP contribution < -0.4 is 10.6 Å². The quantitative estimate of drug-likeness (QED) is 0.442. The molecule has 1 aromatic carbocycles. The van der Waals surface area contributed by atoms with Crippen LogP contribution in [0.15, 0.2) is 33.6 Å². The predicted molar refractivity (Wildman–Crippen MR) is 92.0 cm³/mol. The second-order valence-electron chi connectivity index (χ2n) is 4.29. The highest BCUT2D eigenvalue weighted by Crippen LogP contribution is 2.19. The molecular weight excluding hydrogens is 342 g/mol. The van der Waals surface area contributed by atoms with Gasteiger partial charge >= 0.3 is 0 Å².